The SMILES string of the molecule is [2H]C([2H])([2H])C([2H])(c1nc(Br)cs1)C([2H])([2H])[2H]. The normalized spacial score (nSPS) is 26.1. The van der Waals surface area contributed by atoms with Crippen LogP contribution in [0.1, 0.15) is 34.2 Å². The first-order chi connectivity index (χ1) is 7.00. The van der Waals surface area contributed by atoms with Crippen molar-refractivity contribution < 1.29 is 9.60 Å². The highest BCUT2D eigenvalue weighted by Gasteiger charge is 2.02. The van der Waals surface area contributed by atoms with Gasteiger partial charge in [0.15, 0.2) is 0 Å². The van der Waals surface area contributed by atoms with E-state index in [4.69, 9.17) is 9.60 Å². The summed E-state index contributed by atoms with van der Waals surface area (Å²) in [7, 11) is 0. The molecular weight excluding hydrogens is 198 g/mol. The lowest BCUT2D eigenvalue weighted by atomic mass is 10.2. The lowest BCUT2D eigenvalue weighted by molar-refractivity contribution is 0.849. The zero-order chi connectivity index (χ0) is 12.8. The minimum absolute atomic E-state index is 0.237. The number of hydrogen-bond donors (Lipinski definition) is 0. The summed E-state index contributed by atoms with van der Waals surface area (Å²) in [6.07, 6.45) is 0. The summed E-state index contributed by atoms with van der Waals surface area (Å²) in [5.41, 5.74) is 0. The van der Waals surface area contributed by atoms with Crippen LogP contribution in [0.25, 0.3) is 0 Å². The van der Waals surface area contributed by atoms with Crippen LogP contribution in [0.3, 0.4) is 0 Å². The van der Waals surface area contributed by atoms with E-state index >= 15 is 0 Å². The van der Waals surface area contributed by atoms with E-state index in [2.05, 4.69) is 20.9 Å². The molecule has 0 unspecified atom stereocenters. The summed E-state index contributed by atoms with van der Waals surface area (Å²) in [6, 6.07) is 0. The van der Waals surface area contributed by atoms with Gasteiger partial charge in [-0.3, -0.25) is 0 Å². The molecule has 0 amide bonds. The van der Waals surface area contributed by atoms with E-state index in [9.17, 15) is 0 Å². The third-order valence-corrected chi connectivity index (χ3v) is 2.26. The second kappa shape index (κ2) is 2.80. The molecule has 1 aromatic rings. The smallest absolute Gasteiger partial charge is 0.117 e. The molecule has 0 aliphatic rings. The number of halogens is 1. The van der Waals surface area contributed by atoms with Crippen LogP contribution in [-0.4, -0.2) is 4.98 Å². The van der Waals surface area contributed by atoms with Crippen LogP contribution in [0.2, 0.25) is 0 Å². The first-order valence-corrected chi connectivity index (χ1v) is 3.79. The highest BCUT2D eigenvalue weighted by molar-refractivity contribution is 9.10. The average Bonchev–Trinajstić information content (AvgIpc) is 2.46. The molecular formula is C6H8BrNS. The summed E-state index contributed by atoms with van der Waals surface area (Å²) in [5, 5.41) is 1.22. The molecule has 50 valence electrons. The predicted octanol–water partition coefficient (Wildman–Crippen LogP) is 3.03. The minimum Gasteiger partial charge on any atom is -0.234 e. The summed E-state index contributed by atoms with van der Waals surface area (Å²) >= 11 is 3.85. The van der Waals surface area contributed by atoms with Gasteiger partial charge in [-0.2, -0.15) is 0 Å². The van der Waals surface area contributed by atoms with Gasteiger partial charge in [0.1, 0.15) is 4.60 Å². The molecule has 1 rings (SSSR count). The fourth-order valence-corrected chi connectivity index (χ4v) is 1.47. The lowest BCUT2D eigenvalue weighted by Gasteiger charge is -1.94. The Morgan fingerprint density at radius 3 is 3.22 bits per heavy atom. The molecule has 0 aromatic carbocycles. The lowest BCUT2D eigenvalue weighted by Crippen LogP contribution is -1.82. The molecule has 0 N–H and O–H groups in total. The molecule has 0 radical (unpaired) electrons. The Bertz CT molecular complexity index is 367. The van der Waals surface area contributed by atoms with Gasteiger partial charge >= 0.3 is 0 Å². The summed E-state index contributed by atoms with van der Waals surface area (Å²) in [6.45, 7) is -5.93. The monoisotopic (exact) mass is 212 g/mol. The number of thiazole rings is 1. The third-order valence-electron chi connectivity index (χ3n) is 0.690. The maximum Gasteiger partial charge on any atom is 0.117 e. The topological polar surface area (TPSA) is 12.9 Å². The van der Waals surface area contributed by atoms with Crippen LogP contribution in [0.15, 0.2) is 9.98 Å². The third kappa shape index (κ3) is 1.76. The largest absolute Gasteiger partial charge is 0.234 e. The van der Waals surface area contributed by atoms with Gasteiger partial charge in [0, 0.05) is 20.9 Å². The highest BCUT2D eigenvalue weighted by atomic mass is 79.9. The van der Waals surface area contributed by atoms with Crippen molar-refractivity contribution in [3.05, 3.63) is 15.0 Å². The van der Waals surface area contributed by atoms with E-state index in [1.165, 1.54) is 5.38 Å². The molecule has 0 saturated heterocycles. The molecule has 0 atom stereocenters. The van der Waals surface area contributed by atoms with Crippen molar-refractivity contribution in [2.45, 2.75) is 19.6 Å². The second-order valence-corrected chi connectivity index (χ2v) is 3.02. The van der Waals surface area contributed by atoms with Crippen molar-refractivity contribution >= 4 is 27.3 Å². The Morgan fingerprint density at radius 1 is 2.00 bits per heavy atom. The molecule has 0 fully saturated rings. The van der Waals surface area contributed by atoms with Crippen molar-refractivity contribution in [3.8, 4) is 0 Å². The summed E-state index contributed by atoms with van der Waals surface area (Å²) < 4.78 is 51.5. The minimum atomic E-state index is -2.96. The van der Waals surface area contributed by atoms with E-state index in [0.29, 0.717) is 4.60 Å². The number of nitrogens with zero attached hydrogens (tertiary/aromatic N) is 1. The molecule has 9 heavy (non-hydrogen) atoms. The van der Waals surface area contributed by atoms with Crippen LogP contribution < -0.4 is 0 Å². The number of aromatic nitrogens is 1. The zero-order valence-corrected chi connectivity index (χ0v) is 6.71. The van der Waals surface area contributed by atoms with Crippen molar-refractivity contribution in [2.75, 3.05) is 0 Å². The zero-order valence-electron chi connectivity index (χ0n) is 11.3. The fourth-order valence-electron chi connectivity index (χ4n) is 0.369. The molecule has 3 heteroatoms. The fraction of sp³-hybridized carbons (Fsp3) is 0.500. The number of hydrogen-bond acceptors (Lipinski definition) is 2. The van der Waals surface area contributed by atoms with Crippen LogP contribution in [0, 0.1) is 0 Å². The molecule has 1 heterocycles. The highest BCUT2D eigenvalue weighted by Crippen LogP contribution is 2.21. The van der Waals surface area contributed by atoms with Gasteiger partial charge < -0.3 is 0 Å². The van der Waals surface area contributed by atoms with Gasteiger partial charge in [0.05, 0.1) is 5.01 Å². The maximum absolute atomic E-state index is 7.78. The van der Waals surface area contributed by atoms with Crippen molar-refractivity contribution in [1.29, 1.82) is 0 Å². The van der Waals surface area contributed by atoms with E-state index in [-0.39, 0.29) is 5.01 Å². The van der Waals surface area contributed by atoms with Gasteiger partial charge in [-0.15, -0.1) is 11.3 Å². The van der Waals surface area contributed by atoms with Crippen LogP contribution in [0.5, 0.6) is 0 Å². The Balaban J connectivity index is 3.38. The van der Waals surface area contributed by atoms with E-state index in [1.807, 2.05) is 0 Å². The van der Waals surface area contributed by atoms with Crippen LogP contribution >= 0.6 is 27.3 Å². The van der Waals surface area contributed by atoms with Gasteiger partial charge in [-0.25, -0.2) is 4.98 Å². The average molecular weight is 213 g/mol. The standard InChI is InChI=1S/C6H8BrNS/c1-4(2)6-8-5(7)3-9-6/h3-4H,1-2H3/i1D3,2D3,4D. The molecule has 0 aliphatic carbocycles. The first kappa shape index (κ1) is 2.31. The Kier molecular flexibility index (Phi) is 0.717. The van der Waals surface area contributed by atoms with Crippen molar-refractivity contribution in [1.82, 2.24) is 4.98 Å². The van der Waals surface area contributed by atoms with Crippen LogP contribution in [-0.2, 0) is 0 Å². The first-order valence-electron chi connectivity index (χ1n) is 5.61. The Morgan fingerprint density at radius 2 is 2.78 bits per heavy atom. The molecule has 1 nitrogen and oxygen atoms in total. The van der Waals surface area contributed by atoms with Crippen molar-refractivity contribution in [2.24, 2.45) is 0 Å². The second-order valence-electron chi connectivity index (χ2n) is 1.35. The van der Waals surface area contributed by atoms with E-state index in [0.717, 1.165) is 11.3 Å². The maximum atomic E-state index is 7.78. The van der Waals surface area contributed by atoms with Gasteiger partial charge in [-0.05, 0) is 15.9 Å². The molecule has 1 aromatic heterocycles. The molecule has 0 saturated carbocycles. The van der Waals surface area contributed by atoms with Crippen molar-refractivity contribution in [3.63, 3.8) is 0 Å². The predicted molar refractivity (Wildman–Crippen MR) is 43.9 cm³/mol. The molecule has 0 aliphatic heterocycles. The summed E-state index contributed by atoms with van der Waals surface area (Å²) in [4.78, 5) is 3.74. The number of rotatable bonds is 1. The van der Waals surface area contributed by atoms with Crippen LogP contribution in [0.4, 0.5) is 0 Å². The molecule has 0 bridgehead atoms. The van der Waals surface area contributed by atoms with Gasteiger partial charge in [0.25, 0.3) is 0 Å². The quantitative estimate of drug-likeness (QED) is 0.698. The van der Waals surface area contributed by atoms with E-state index in [1.54, 1.807) is 0 Å². The Labute approximate surface area is 77.1 Å². The molecule has 0 spiro atoms. The van der Waals surface area contributed by atoms with Gasteiger partial charge in [-0.1, -0.05) is 13.7 Å². The summed E-state index contributed by atoms with van der Waals surface area (Å²) in [5.74, 6) is -2.68. The van der Waals surface area contributed by atoms with E-state index < -0.39 is 19.6 Å². The van der Waals surface area contributed by atoms with Gasteiger partial charge in [0.2, 0.25) is 0 Å². The Hall–Kier alpha value is 0.110.